The van der Waals surface area contributed by atoms with E-state index in [0.29, 0.717) is 13.2 Å². The lowest BCUT2D eigenvalue weighted by Gasteiger charge is -2.30. The first-order valence-corrected chi connectivity index (χ1v) is 9.71. The van der Waals surface area contributed by atoms with E-state index in [9.17, 15) is 0 Å². The fraction of sp³-hybridized carbons (Fsp3) is 0.409. The third-order valence-corrected chi connectivity index (χ3v) is 5.98. The van der Waals surface area contributed by atoms with Crippen molar-refractivity contribution in [1.29, 1.82) is 0 Å². The van der Waals surface area contributed by atoms with Gasteiger partial charge in [0.15, 0.2) is 6.29 Å². The summed E-state index contributed by atoms with van der Waals surface area (Å²) in [6.45, 7) is 8.39. The molecule has 0 atom stereocenters. The molecule has 0 amide bonds. The lowest BCUT2D eigenvalue weighted by molar-refractivity contribution is -0.0520. The molecule has 4 heterocycles. The van der Waals surface area contributed by atoms with Gasteiger partial charge in [0.1, 0.15) is 5.82 Å². The van der Waals surface area contributed by atoms with Crippen LogP contribution in [0.3, 0.4) is 0 Å². The minimum Gasteiger partial charge on any atom is -0.351 e. The summed E-state index contributed by atoms with van der Waals surface area (Å²) in [4.78, 5) is 7.22. The molecule has 140 valence electrons. The Morgan fingerprint density at radius 1 is 1.07 bits per heavy atom. The number of aromatic nitrogens is 2. The van der Waals surface area contributed by atoms with Gasteiger partial charge in [0.05, 0.1) is 25.3 Å². The van der Waals surface area contributed by atoms with Crippen LogP contribution in [0.4, 0.5) is 5.82 Å². The molecule has 27 heavy (non-hydrogen) atoms. The summed E-state index contributed by atoms with van der Waals surface area (Å²) in [7, 11) is 0. The number of anilines is 1. The van der Waals surface area contributed by atoms with Crippen molar-refractivity contribution in [3.05, 3.63) is 58.9 Å². The summed E-state index contributed by atoms with van der Waals surface area (Å²) in [5, 5.41) is 1.26. The number of nitrogens with zero attached hydrogens (tertiary/aromatic N) is 3. The fourth-order valence-corrected chi connectivity index (χ4v) is 4.40. The normalized spacial score (nSPS) is 17.6. The van der Waals surface area contributed by atoms with Crippen LogP contribution >= 0.6 is 0 Å². The summed E-state index contributed by atoms with van der Waals surface area (Å²) in [6, 6.07) is 10.9. The van der Waals surface area contributed by atoms with E-state index in [1.807, 2.05) is 6.20 Å². The van der Waals surface area contributed by atoms with Gasteiger partial charge in [-0.25, -0.2) is 4.98 Å². The van der Waals surface area contributed by atoms with E-state index in [1.165, 1.54) is 33.3 Å². The van der Waals surface area contributed by atoms with Crippen molar-refractivity contribution in [2.24, 2.45) is 0 Å². The molecule has 0 bridgehead atoms. The lowest BCUT2D eigenvalue weighted by atomic mass is 9.99. The van der Waals surface area contributed by atoms with Gasteiger partial charge in [0, 0.05) is 30.4 Å². The summed E-state index contributed by atoms with van der Waals surface area (Å²) < 4.78 is 13.7. The molecule has 0 unspecified atom stereocenters. The van der Waals surface area contributed by atoms with Crippen molar-refractivity contribution in [2.75, 3.05) is 24.7 Å². The molecular formula is C22H25N3O2. The first-order chi connectivity index (χ1) is 13.2. The van der Waals surface area contributed by atoms with Crippen molar-refractivity contribution >= 4 is 16.7 Å². The van der Waals surface area contributed by atoms with Crippen LogP contribution in [0.5, 0.6) is 0 Å². The molecule has 0 aliphatic carbocycles. The van der Waals surface area contributed by atoms with Gasteiger partial charge in [-0.3, -0.25) is 0 Å². The third kappa shape index (κ3) is 2.82. The van der Waals surface area contributed by atoms with Crippen LogP contribution in [0, 0.1) is 13.8 Å². The fourth-order valence-electron chi connectivity index (χ4n) is 4.40. The number of hydrogen-bond donors (Lipinski definition) is 0. The van der Waals surface area contributed by atoms with Gasteiger partial charge in [0.2, 0.25) is 0 Å². The van der Waals surface area contributed by atoms with E-state index >= 15 is 0 Å². The van der Waals surface area contributed by atoms with E-state index in [2.05, 4.69) is 53.6 Å². The van der Waals surface area contributed by atoms with Gasteiger partial charge in [-0.15, -0.1) is 0 Å². The maximum atomic E-state index is 5.69. The van der Waals surface area contributed by atoms with Crippen molar-refractivity contribution < 1.29 is 9.47 Å². The Morgan fingerprint density at radius 2 is 1.85 bits per heavy atom. The number of fused-ring (bicyclic) bond motifs is 2. The molecule has 1 saturated heterocycles. The standard InChI is InChI=1S/C22H25N3O2/c1-15-16(2)25(14-20-26-11-12-27-20)19-7-9-23-22(21(15)19)24-10-8-17-5-3-4-6-18(17)13-24/h3-7,9,20H,8,10-14H2,1-2H3. The highest BCUT2D eigenvalue weighted by molar-refractivity contribution is 5.94. The third-order valence-electron chi connectivity index (χ3n) is 5.98. The Kier molecular flexibility index (Phi) is 4.14. The highest BCUT2D eigenvalue weighted by atomic mass is 16.7. The van der Waals surface area contributed by atoms with Crippen LogP contribution in [-0.2, 0) is 29.0 Å². The molecule has 0 saturated carbocycles. The van der Waals surface area contributed by atoms with Crippen molar-refractivity contribution in [1.82, 2.24) is 9.55 Å². The van der Waals surface area contributed by atoms with E-state index in [1.54, 1.807) is 0 Å². The Hall–Kier alpha value is -2.37. The molecule has 2 aliphatic rings. The van der Waals surface area contributed by atoms with Crippen LogP contribution in [0.15, 0.2) is 36.5 Å². The highest BCUT2D eigenvalue weighted by Gasteiger charge is 2.24. The molecule has 5 rings (SSSR count). The topological polar surface area (TPSA) is 39.5 Å². The van der Waals surface area contributed by atoms with Gasteiger partial charge >= 0.3 is 0 Å². The van der Waals surface area contributed by atoms with E-state index in [4.69, 9.17) is 14.5 Å². The zero-order valence-corrected chi connectivity index (χ0v) is 15.9. The first kappa shape index (κ1) is 16.8. The number of pyridine rings is 1. The Bertz CT molecular complexity index is 989. The predicted molar refractivity (Wildman–Crippen MR) is 106 cm³/mol. The lowest BCUT2D eigenvalue weighted by Crippen LogP contribution is -2.31. The van der Waals surface area contributed by atoms with Crippen LogP contribution in [0.2, 0.25) is 0 Å². The van der Waals surface area contributed by atoms with Gasteiger partial charge in [-0.2, -0.15) is 0 Å². The molecule has 0 radical (unpaired) electrons. The molecule has 2 aromatic heterocycles. The molecular weight excluding hydrogens is 338 g/mol. The molecule has 5 heteroatoms. The molecule has 1 fully saturated rings. The second-order valence-electron chi connectivity index (χ2n) is 7.46. The zero-order valence-electron chi connectivity index (χ0n) is 15.9. The largest absolute Gasteiger partial charge is 0.351 e. The monoisotopic (exact) mass is 363 g/mol. The van der Waals surface area contributed by atoms with E-state index in [0.717, 1.165) is 31.9 Å². The molecule has 5 nitrogen and oxygen atoms in total. The Labute approximate surface area is 159 Å². The molecule has 2 aliphatic heterocycles. The summed E-state index contributed by atoms with van der Waals surface area (Å²) in [5.41, 5.74) is 6.64. The van der Waals surface area contributed by atoms with E-state index < -0.39 is 0 Å². The Morgan fingerprint density at radius 3 is 2.67 bits per heavy atom. The van der Waals surface area contributed by atoms with Gasteiger partial charge in [0.25, 0.3) is 0 Å². The first-order valence-electron chi connectivity index (χ1n) is 9.71. The van der Waals surface area contributed by atoms with Crippen LogP contribution < -0.4 is 4.90 Å². The summed E-state index contributed by atoms with van der Waals surface area (Å²) in [5.74, 6) is 1.09. The van der Waals surface area contributed by atoms with Crippen LogP contribution in [-0.4, -0.2) is 35.6 Å². The summed E-state index contributed by atoms with van der Waals surface area (Å²) >= 11 is 0. The molecule has 1 aromatic carbocycles. The van der Waals surface area contributed by atoms with Crippen molar-refractivity contribution in [2.45, 2.75) is 39.6 Å². The quantitative estimate of drug-likeness (QED) is 0.713. The number of benzene rings is 1. The van der Waals surface area contributed by atoms with Gasteiger partial charge < -0.3 is 18.9 Å². The average Bonchev–Trinajstić information content (AvgIpc) is 3.31. The van der Waals surface area contributed by atoms with Gasteiger partial charge in [-0.05, 0) is 43.0 Å². The maximum Gasteiger partial charge on any atom is 0.175 e. The minimum absolute atomic E-state index is 0.155. The van der Waals surface area contributed by atoms with Crippen molar-refractivity contribution in [3.63, 3.8) is 0 Å². The van der Waals surface area contributed by atoms with Crippen LogP contribution in [0.25, 0.3) is 10.9 Å². The number of ether oxygens (including phenoxy) is 2. The number of hydrogen-bond acceptors (Lipinski definition) is 4. The maximum absolute atomic E-state index is 5.69. The van der Waals surface area contributed by atoms with Crippen LogP contribution in [0.1, 0.15) is 22.4 Å². The molecule has 0 N–H and O–H groups in total. The summed E-state index contributed by atoms with van der Waals surface area (Å²) in [6.07, 6.45) is 2.85. The van der Waals surface area contributed by atoms with Crippen molar-refractivity contribution in [3.8, 4) is 0 Å². The molecule has 3 aromatic rings. The number of aryl methyl sites for hydroxylation is 1. The second-order valence-corrected chi connectivity index (χ2v) is 7.46. The smallest absolute Gasteiger partial charge is 0.175 e. The molecule has 0 spiro atoms. The average molecular weight is 363 g/mol. The second kappa shape index (κ2) is 6.66. The number of rotatable bonds is 3. The van der Waals surface area contributed by atoms with Gasteiger partial charge in [-0.1, -0.05) is 24.3 Å². The Balaban J connectivity index is 1.56. The minimum atomic E-state index is -0.155. The highest BCUT2D eigenvalue weighted by Crippen LogP contribution is 2.34. The predicted octanol–water partition coefficient (Wildman–Crippen LogP) is 3.59. The zero-order chi connectivity index (χ0) is 18.4. The van der Waals surface area contributed by atoms with E-state index in [-0.39, 0.29) is 6.29 Å². The SMILES string of the molecule is Cc1c(C)n(CC2OCCO2)c2ccnc(N3CCc4ccccc4C3)c12.